The van der Waals surface area contributed by atoms with Crippen molar-refractivity contribution in [3.05, 3.63) is 117 Å². The Morgan fingerprint density at radius 3 is 2.49 bits per heavy atom. The second-order valence-corrected chi connectivity index (χ2v) is 11.9. The molecule has 43 heavy (non-hydrogen) atoms. The number of nitrogens with zero attached hydrogens (tertiary/aromatic N) is 2. The summed E-state index contributed by atoms with van der Waals surface area (Å²) in [6.07, 6.45) is 3.28. The van der Waals surface area contributed by atoms with Gasteiger partial charge in [0, 0.05) is 16.8 Å². The molecule has 1 aliphatic rings. The standard InChI is InChI=1S/C32H28ClIN2O6S/c1-4-40-26-13-11-20(16-27(26)41-5-2)29-22(31(38)39-3)17-35-32-36(29)30(37)28(43-32)15-19-10-12-25(24(34)14-19)42-18-21-8-6-7-9-23(21)33/h6-17,29H,4-5,18H2,1-3H3/b28-15-/t29-/m0/s1. The van der Waals surface area contributed by atoms with Crippen LogP contribution >= 0.6 is 45.5 Å². The van der Waals surface area contributed by atoms with E-state index in [9.17, 15) is 9.59 Å². The van der Waals surface area contributed by atoms with E-state index in [-0.39, 0.29) is 11.1 Å². The molecule has 0 saturated heterocycles. The fraction of sp³-hybridized carbons (Fsp3) is 0.219. The largest absolute Gasteiger partial charge is 0.490 e. The maximum Gasteiger partial charge on any atom is 0.337 e. The van der Waals surface area contributed by atoms with Gasteiger partial charge in [0.2, 0.25) is 0 Å². The first-order valence-corrected chi connectivity index (χ1v) is 15.8. The van der Waals surface area contributed by atoms with Crippen molar-refractivity contribution >= 4 is 57.6 Å². The van der Waals surface area contributed by atoms with Crippen LogP contribution in [-0.2, 0) is 16.1 Å². The Hall–Kier alpha value is -3.61. The molecule has 11 heteroatoms. The summed E-state index contributed by atoms with van der Waals surface area (Å²) in [6, 6.07) is 17.9. The molecule has 0 fully saturated rings. The van der Waals surface area contributed by atoms with E-state index in [0.29, 0.717) is 57.0 Å². The summed E-state index contributed by atoms with van der Waals surface area (Å²) in [7, 11) is 1.30. The maximum absolute atomic E-state index is 13.9. The molecule has 1 aromatic heterocycles. The number of ether oxygens (including phenoxy) is 4. The third kappa shape index (κ3) is 6.66. The van der Waals surface area contributed by atoms with Crippen LogP contribution in [0.4, 0.5) is 0 Å². The van der Waals surface area contributed by atoms with Crippen molar-refractivity contribution in [1.29, 1.82) is 0 Å². The first-order chi connectivity index (χ1) is 20.8. The van der Waals surface area contributed by atoms with Crippen molar-refractivity contribution in [2.45, 2.75) is 26.5 Å². The fourth-order valence-electron chi connectivity index (χ4n) is 4.63. The summed E-state index contributed by atoms with van der Waals surface area (Å²) < 4.78 is 25.5. The predicted octanol–water partition coefficient (Wildman–Crippen LogP) is 5.65. The number of hydrogen-bond donors (Lipinski definition) is 0. The molecule has 0 aliphatic carbocycles. The third-order valence-electron chi connectivity index (χ3n) is 6.60. The molecular weight excluding hydrogens is 703 g/mol. The van der Waals surface area contributed by atoms with Crippen LogP contribution < -0.4 is 29.1 Å². The van der Waals surface area contributed by atoms with Crippen LogP contribution in [0, 0.1) is 3.57 Å². The van der Waals surface area contributed by atoms with E-state index in [2.05, 4.69) is 27.6 Å². The highest BCUT2D eigenvalue weighted by Crippen LogP contribution is 2.35. The van der Waals surface area contributed by atoms with Crippen molar-refractivity contribution < 1.29 is 23.7 Å². The van der Waals surface area contributed by atoms with Crippen LogP contribution in [0.25, 0.3) is 6.08 Å². The highest BCUT2D eigenvalue weighted by atomic mass is 127. The number of benzene rings is 3. The number of carbonyl (C=O) groups is 1. The summed E-state index contributed by atoms with van der Waals surface area (Å²) in [5.74, 6) is 1.24. The minimum absolute atomic E-state index is 0.239. The van der Waals surface area contributed by atoms with Gasteiger partial charge in [-0.3, -0.25) is 9.36 Å². The Morgan fingerprint density at radius 1 is 1.02 bits per heavy atom. The highest BCUT2D eigenvalue weighted by molar-refractivity contribution is 14.1. The average molecular weight is 731 g/mol. The lowest BCUT2D eigenvalue weighted by molar-refractivity contribution is -0.136. The highest BCUT2D eigenvalue weighted by Gasteiger charge is 2.31. The van der Waals surface area contributed by atoms with Crippen molar-refractivity contribution in [1.82, 2.24) is 4.57 Å². The number of methoxy groups -OCH3 is 1. The average Bonchev–Trinajstić information content (AvgIpc) is 3.32. The fourth-order valence-corrected chi connectivity index (χ4v) is 6.49. The van der Waals surface area contributed by atoms with Crippen LogP contribution in [0.15, 0.2) is 82.2 Å². The quantitative estimate of drug-likeness (QED) is 0.155. The first-order valence-electron chi connectivity index (χ1n) is 13.5. The molecule has 0 radical (unpaired) electrons. The van der Waals surface area contributed by atoms with Crippen LogP contribution in [-0.4, -0.2) is 30.9 Å². The lowest BCUT2D eigenvalue weighted by Crippen LogP contribution is -2.39. The molecule has 5 rings (SSSR count). The minimum Gasteiger partial charge on any atom is -0.490 e. The minimum atomic E-state index is -0.763. The zero-order valence-corrected chi connectivity index (χ0v) is 27.4. The van der Waals surface area contributed by atoms with E-state index >= 15 is 0 Å². The van der Waals surface area contributed by atoms with Crippen LogP contribution in [0.3, 0.4) is 0 Å². The third-order valence-corrected chi connectivity index (χ3v) is 8.81. The van der Waals surface area contributed by atoms with Gasteiger partial charge in [-0.15, -0.1) is 0 Å². The molecule has 0 saturated carbocycles. The Labute approximate surface area is 271 Å². The van der Waals surface area contributed by atoms with Gasteiger partial charge < -0.3 is 18.9 Å². The molecule has 3 aromatic carbocycles. The molecule has 0 N–H and O–H groups in total. The van der Waals surface area contributed by atoms with E-state index in [0.717, 1.165) is 14.7 Å². The van der Waals surface area contributed by atoms with Crippen molar-refractivity contribution in [3.63, 3.8) is 0 Å². The molecule has 0 amide bonds. The van der Waals surface area contributed by atoms with Crippen molar-refractivity contribution in [2.75, 3.05) is 20.3 Å². The Morgan fingerprint density at radius 2 is 1.77 bits per heavy atom. The normalized spacial score (nSPS) is 14.4. The lowest BCUT2D eigenvalue weighted by atomic mass is 9.97. The number of thiazole rings is 1. The molecule has 1 aliphatic heterocycles. The van der Waals surface area contributed by atoms with E-state index in [1.807, 2.05) is 68.5 Å². The predicted molar refractivity (Wildman–Crippen MR) is 175 cm³/mol. The van der Waals surface area contributed by atoms with Gasteiger partial charge in [-0.05, 0) is 84.0 Å². The molecular formula is C32H28ClIN2O6S. The van der Waals surface area contributed by atoms with Gasteiger partial charge in [-0.1, -0.05) is 53.3 Å². The molecule has 0 unspecified atom stereocenters. The van der Waals surface area contributed by atoms with Gasteiger partial charge in [-0.2, -0.15) is 0 Å². The topological polar surface area (TPSA) is 88.4 Å². The number of aromatic nitrogens is 1. The SMILES string of the molecule is CCOc1ccc([C@H]2C(C(=O)OC)=CN=c3s/c(=C\c4ccc(OCc5ccccc5Cl)c(I)c4)c(=O)n32)cc1OCC. The Bertz CT molecular complexity index is 1880. The number of rotatable bonds is 10. The monoisotopic (exact) mass is 730 g/mol. The summed E-state index contributed by atoms with van der Waals surface area (Å²) in [6.45, 7) is 5.00. The van der Waals surface area contributed by atoms with E-state index in [1.54, 1.807) is 12.1 Å². The van der Waals surface area contributed by atoms with Crippen LogP contribution in [0.1, 0.15) is 36.6 Å². The summed E-state index contributed by atoms with van der Waals surface area (Å²) in [5, 5.41) is 0.650. The Balaban J connectivity index is 1.52. The molecule has 0 spiro atoms. The molecule has 0 bridgehead atoms. The van der Waals surface area contributed by atoms with Gasteiger partial charge in [-0.25, -0.2) is 9.79 Å². The number of hydrogen-bond acceptors (Lipinski definition) is 8. The van der Waals surface area contributed by atoms with Crippen LogP contribution in [0.5, 0.6) is 17.2 Å². The van der Waals surface area contributed by atoms with Gasteiger partial charge in [0.05, 0.1) is 40.0 Å². The first kappa shape index (κ1) is 30.8. The summed E-state index contributed by atoms with van der Waals surface area (Å²) in [5.41, 5.74) is 2.35. The second-order valence-electron chi connectivity index (χ2n) is 9.32. The number of halogens is 2. The smallest absolute Gasteiger partial charge is 0.337 e. The van der Waals surface area contributed by atoms with Gasteiger partial charge in [0.1, 0.15) is 12.4 Å². The molecule has 2 heterocycles. The zero-order chi connectivity index (χ0) is 30.5. The maximum atomic E-state index is 13.9. The molecule has 8 nitrogen and oxygen atoms in total. The Kier molecular flexibility index (Phi) is 9.89. The van der Waals surface area contributed by atoms with E-state index in [4.69, 9.17) is 30.5 Å². The van der Waals surface area contributed by atoms with Crippen molar-refractivity contribution in [3.8, 4) is 17.2 Å². The number of esters is 1. The molecule has 222 valence electrons. The van der Waals surface area contributed by atoms with Crippen LogP contribution in [0.2, 0.25) is 5.02 Å². The van der Waals surface area contributed by atoms with E-state index in [1.165, 1.54) is 29.2 Å². The summed E-state index contributed by atoms with van der Waals surface area (Å²) >= 11 is 9.72. The summed E-state index contributed by atoms with van der Waals surface area (Å²) in [4.78, 5) is 31.6. The van der Waals surface area contributed by atoms with Gasteiger partial charge in [0.25, 0.3) is 5.56 Å². The number of fused-ring (bicyclic) bond motifs is 1. The van der Waals surface area contributed by atoms with Gasteiger partial charge in [0.15, 0.2) is 16.3 Å². The number of carbonyl (C=O) groups excluding carboxylic acids is 1. The lowest BCUT2D eigenvalue weighted by Gasteiger charge is -2.23. The molecule has 1 atom stereocenters. The van der Waals surface area contributed by atoms with E-state index < -0.39 is 12.0 Å². The zero-order valence-electron chi connectivity index (χ0n) is 23.6. The van der Waals surface area contributed by atoms with Crippen molar-refractivity contribution in [2.24, 2.45) is 4.99 Å². The molecule has 4 aromatic rings. The second kappa shape index (κ2) is 13.8. The van der Waals surface area contributed by atoms with Gasteiger partial charge >= 0.3 is 5.97 Å².